The largest absolute Gasteiger partial charge is 0.368 e. The molecule has 0 N–H and O–H groups in total. The van der Waals surface area contributed by atoms with Crippen LogP contribution < -0.4 is 4.90 Å². The first kappa shape index (κ1) is 19.4. The SMILES string of the molecule is O=C(CSc1nnnn1Cc1ccccc1)N1CCN(c2ccc(F)cc2)CC1. The van der Waals surface area contributed by atoms with Crippen LogP contribution in [0.2, 0.25) is 0 Å². The summed E-state index contributed by atoms with van der Waals surface area (Å²) < 4.78 is 14.8. The predicted molar refractivity (Wildman–Crippen MR) is 109 cm³/mol. The third-order valence-electron chi connectivity index (χ3n) is 4.82. The molecule has 0 bridgehead atoms. The Balaban J connectivity index is 1.28. The lowest BCUT2D eigenvalue weighted by atomic mass is 10.2. The number of rotatable bonds is 6. The summed E-state index contributed by atoms with van der Waals surface area (Å²) in [6, 6.07) is 16.4. The predicted octanol–water partition coefficient (Wildman–Crippen LogP) is 2.30. The smallest absolute Gasteiger partial charge is 0.233 e. The van der Waals surface area contributed by atoms with Crippen LogP contribution in [0.15, 0.2) is 59.8 Å². The van der Waals surface area contributed by atoms with Gasteiger partial charge in [-0.3, -0.25) is 4.79 Å². The summed E-state index contributed by atoms with van der Waals surface area (Å²) in [4.78, 5) is 16.6. The van der Waals surface area contributed by atoms with Gasteiger partial charge in [0.05, 0.1) is 12.3 Å². The maximum absolute atomic E-state index is 13.1. The van der Waals surface area contributed by atoms with Crippen molar-refractivity contribution in [2.75, 3.05) is 36.8 Å². The number of halogens is 1. The number of hydrogen-bond donors (Lipinski definition) is 0. The van der Waals surface area contributed by atoms with Crippen molar-refractivity contribution in [2.24, 2.45) is 0 Å². The van der Waals surface area contributed by atoms with Crippen molar-refractivity contribution in [2.45, 2.75) is 11.7 Å². The van der Waals surface area contributed by atoms with E-state index in [4.69, 9.17) is 0 Å². The molecule has 0 atom stereocenters. The standard InChI is InChI=1S/C20H21FN6OS/c21-17-6-8-18(9-7-17)25-10-12-26(13-11-25)19(28)15-29-20-22-23-24-27(20)14-16-4-2-1-3-5-16/h1-9H,10-15H2. The van der Waals surface area contributed by atoms with Gasteiger partial charge in [-0.15, -0.1) is 5.10 Å². The van der Waals surface area contributed by atoms with Gasteiger partial charge in [0, 0.05) is 31.9 Å². The summed E-state index contributed by atoms with van der Waals surface area (Å²) in [6.45, 7) is 3.32. The number of tetrazole rings is 1. The Bertz CT molecular complexity index is 941. The lowest BCUT2D eigenvalue weighted by molar-refractivity contribution is -0.128. The first-order valence-electron chi connectivity index (χ1n) is 9.40. The zero-order valence-electron chi connectivity index (χ0n) is 15.8. The molecule has 3 aromatic rings. The maximum atomic E-state index is 13.1. The molecule has 0 unspecified atom stereocenters. The van der Waals surface area contributed by atoms with Crippen LogP contribution >= 0.6 is 11.8 Å². The Morgan fingerprint density at radius 2 is 1.72 bits per heavy atom. The normalized spacial score (nSPS) is 14.2. The molecule has 4 rings (SSSR count). The van der Waals surface area contributed by atoms with E-state index in [1.165, 1.54) is 23.9 Å². The van der Waals surface area contributed by atoms with Gasteiger partial charge in [-0.25, -0.2) is 9.07 Å². The molecular formula is C20H21FN6OS. The van der Waals surface area contributed by atoms with Crippen LogP contribution in [0.3, 0.4) is 0 Å². The molecule has 1 aliphatic heterocycles. The highest BCUT2D eigenvalue weighted by atomic mass is 32.2. The molecule has 1 amide bonds. The van der Waals surface area contributed by atoms with E-state index in [-0.39, 0.29) is 11.7 Å². The number of benzene rings is 2. The number of hydrogen-bond acceptors (Lipinski definition) is 6. The van der Waals surface area contributed by atoms with Crippen molar-refractivity contribution < 1.29 is 9.18 Å². The Hall–Kier alpha value is -2.94. The molecular weight excluding hydrogens is 391 g/mol. The van der Waals surface area contributed by atoms with Gasteiger partial charge in [-0.2, -0.15) is 0 Å². The van der Waals surface area contributed by atoms with Crippen LogP contribution in [0.25, 0.3) is 0 Å². The molecule has 1 aromatic heterocycles. The fraction of sp³-hybridized carbons (Fsp3) is 0.300. The van der Waals surface area contributed by atoms with Gasteiger partial charge in [0.1, 0.15) is 5.82 Å². The number of thioether (sulfide) groups is 1. The molecule has 1 aliphatic rings. The van der Waals surface area contributed by atoms with Gasteiger partial charge >= 0.3 is 0 Å². The van der Waals surface area contributed by atoms with Crippen molar-refractivity contribution in [3.05, 3.63) is 66.0 Å². The fourth-order valence-corrected chi connectivity index (χ4v) is 4.02. The van der Waals surface area contributed by atoms with E-state index < -0.39 is 0 Å². The Labute approximate surface area is 172 Å². The van der Waals surface area contributed by atoms with Gasteiger partial charge in [0.2, 0.25) is 11.1 Å². The van der Waals surface area contributed by atoms with E-state index in [1.807, 2.05) is 35.2 Å². The molecule has 150 valence electrons. The molecule has 29 heavy (non-hydrogen) atoms. The van der Waals surface area contributed by atoms with Crippen LogP contribution in [-0.2, 0) is 11.3 Å². The molecule has 2 aromatic carbocycles. The first-order valence-corrected chi connectivity index (χ1v) is 10.4. The highest BCUT2D eigenvalue weighted by molar-refractivity contribution is 7.99. The number of anilines is 1. The average molecular weight is 412 g/mol. The van der Waals surface area contributed by atoms with Crippen LogP contribution in [-0.4, -0.2) is 62.9 Å². The van der Waals surface area contributed by atoms with E-state index in [0.717, 1.165) is 24.3 Å². The molecule has 9 heteroatoms. The molecule has 1 fully saturated rings. The van der Waals surface area contributed by atoms with Crippen molar-refractivity contribution >= 4 is 23.4 Å². The van der Waals surface area contributed by atoms with Gasteiger partial charge in [0.25, 0.3) is 0 Å². The summed E-state index contributed by atoms with van der Waals surface area (Å²) in [5, 5.41) is 12.4. The zero-order chi connectivity index (χ0) is 20.1. The zero-order valence-corrected chi connectivity index (χ0v) is 16.6. The van der Waals surface area contributed by atoms with Crippen LogP contribution in [0.5, 0.6) is 0 Å². The monoisotopic (exact) mass is 412 g/mol. The Kier molecular flexibility index (Phi) is 6.04. The minimum absolute atomic E-state index is 0.0722. The van der Waals surface area contributed by atoms with E-state index in [1.54, 1.807) is 16.8 Å². The number of carbonyl (C=O) groups is 1. The summed E-state index contributed by atoms with van der Waals surface area (Å²) >= 11 is 1.35. The lowest BCUT2D eigenvalue weighted by Crippen LogP contribution is -2.49. The highest BCUT2D eigenvalue weighted by Gasteiger charge is 2.22. The number of amides is 1. The van der Waals surface area contributed by atoms with Crippen LogP contribution in [0.1, 0.15) is 5.56 Å². The van der Waals surface area contributed by atoms with Crippen molar-refractivity contribution in [3.63, 3.8) is 0 Å². The van der Waals surface area contributed by atoms with Crippen LogP contribution in [0, 0.1) is 5.82 Å². The summed E-state index contributed by atoms with van der Waals surface area (Å²) in [5.74, 6) is 0.128. The number of carbonyl (C=O) groups excluding carboxylic acids is 1. The molecule has 2 heterocycles. The summed E-state index contributed by atoms with van der Waals surface area (Å²) in [5.41, 5.74) is 2.08. The lowest BCUT2D eigenvalue weighted by Gasteiger charge is -2.36. The third-order valence-corrected chi connectivity index (χ3v) is 5.76. The van der Waals surface area contributed by atoms with Crippen LogP contribution in [0.4, 0.5) is 10.1 Å². The Morgan fingerprint density at radius 3 is 2.45 bits per heavy atom. The second-order valence-electron chi connectivity index (χ2n) is 6.74. The Morgan fingerprint density at radius 1 is 1.00 bits per heavy atom. The molecule has 0 spiro atoms. The summed E-state index contributed by atoms with van der Waals surface area (Å²) in [6.07, 6.45) is 0. The van der Waals surface area contributed by atoms with E-state index >= 15 is 0 Å². The number of piperazine rings is 1. The fourth-order valence-electron chi connectivity index (χ4n) is 3.24. The highest BCUT2D eigenvalue weighted by Crippen LogP contribution is 2.19. The molecule has 0 saturated carbocycles. The minimum atomic E-state index is -0.241. The average Bonchev–Trinajstić information content (AvgIpc) is 3.20. The van der Waals surface area contributed by atoms with E-state index in [2.05, 4.69) is 20.4 Å². The molecule has 1 saturated heterocycles. The van der Waals surface area contributed by atoms with Gasteiger partial charge in [-0.1, -0.05) is 42.1 Å². The van der Waals surface area contributed by atoms with Gasteiger partial charge in [0.15, 0.2) is 0 Å². The summed E-state index contributed by atoms with van der Waals surface area (Å²) in [7, 11) is 0. The van der Waals surface area contributed by atoms with Crippen molar-refractivity contribution in [3.8, 4) is 0 Å². The molecule has 0 radical (unpaired) electrons. The number of nitrogens with zero attached hydrogens (tertiary/aromatic N) is 6. The first-order chi connectivity index (χ1) is 14.2. The van der Waals surface area contributed by atoms with E-state index in [0.29, 0.717) is 30.5 Å². The quantitative estimate of drug-likeness (QED) is 0.579. The van der Waals surface area contributed by atoms with E-state index in [9.17, 15) is 9.18 Å². The second kappa shape index (κ2) is 9.04. The second-order valence-corrected chi connectivity index (χ2v) is 7.68. The van der Waals surface area contributed by atoms with Gasteiger partial charge < -0.3 is 9.80 Å². The minimum Gasteiger partial charge on any atom is -0.368 e. The maximum Gasteiger partial charge on any atom is 0.233 e. The third kappa shape index (κ3) is 4.92. The molecule has 0 aliphatic carbocycles. The van der Waals surface area contributed by atoms with Crippen molar-refractivity contribution in [1.82, 2.24) is 25.1 Å². The molecule has 7 nitrogen and oxygen atoms in total. The topological polar surface area (TPSA) is 67.2 Å². The van der Waals surface area contributed by atoms with Crippen molar-refractivity contribution in [1.29, 1.82) is 0 Å². The van der Waals surface area contributed by atoms with Gasteiger partial charge in [-0.05, 0) is 40.3 Å². The number of aromatic nitrogens is 4.